The second kappa shape index (κ2) is 5.07. The van der Waals surface area contributed by atoms with Gasteiger partial charge in [-0.15, -0.1) is 0 Å². The Kier molecular flexibility index (Phi) is 3.27. The fourth-order valence-electron chi connectivity index (χ4n) is 2.52. The minimum Gasteiger partial charge on any atom is -0.382 e. The van der Waals surface area contributed by atoms with Gasteiger partial charge in [0.05, 0.1) is 6.20 Å². The number of rotatable bonds is 4. The van der Waals surface area contributed by atoms with E-state index in [9.17, 15) is 5.11 Å². The van der Waals surface area contributed by atoms with Gasteiger partial charge in [-0.3, -0.25) is 9.88 Å². The van der Waals surface area contributed by atoms with Crippen LogP contribution in [0.4, 0.5) is 0 Å². The Labute approximate surface area is 111 Å². The zero-order valence-electron chi connectivity index (χ0n) is 10.7. The molecule has 0 aromatic carbocycles. The summed E-state index contributed by atoms with van der Waals surface area (Å²) < 4.78 is 0. The van der Waals surface area contributed by atoms with Gasteiger partial charge in [0, 0.05) is 37.9 Å². The quantitative estimate of drug-likeness (QED) is 0.827. The molecule has 100 valence electrons. The molecule has 1 aliphatic rings. The van der Waals surface area contributed by atoms with E-state index >= 15 is 0 Å². The average Bonchev–Trinajstić information content (AvgIpc) is 3.08. The van der Waals surface area contributed by atoms with E-state index in [1.165, 1.54) is 0 Å². The number of likely N-dealkylation sites (tertiary alicyclic amines) is 1. The summed E-state index contributed by atoms with van der Waals surface area (Å²) in [6.07, 6.45) is 5.00. The number of hydrogen-bond acceptors (Lipinski definition) is 5. The molecule has 0 spiro atoms. The number of pyridine rings is 1. The fraction of sp³-hybridized carbons (Fsp3) is 0.462. The zero-order valence-corrected chi connectivity index (χ0v) is 10.7. The lowest BCUT2D eigenvalue weighted by Crippen LogP contribution is -2.32. The predicted octanol–water partition coefficient (Wildman–Crippen LogP) is 0.336. The molecule has 1 atom stereocenters. The van der Waals surface area contributed by atoms with Crippen LogP contribution in [-0.4, -0.2) is 50.0 Å². The molecule has 1 saturated heterocycles. The van der Waals surface area contributed by atoms with Crippen molar-refractivity contribution in [2.24, 2.45) is 0 Å². The van der Waals surface area contributed by atoms with Gasteiger partial charge in [-0.25, -0.2) is 0 Å². The first kappa shape index (κ1) is 12.3. The van der Waals surface area contributed by atoms with Crippen LogP contribution in [0.25, 0.3) is 0 Å². The van der Waals surface area contributed by atoms with Crippen molar-refractivity contribution in [2.45, 2.75) is 18.4 Å². The van der Waals surface area contributed by atoms with E-state index in [4.69, 9.17) is 0 Å². The zero-order chi connectivity index (χ0) is 13.1. The molecular formula is C13H17N5O. The monoisotopic (exact) mass is 259 g/mol. The van der Waals surface area contributed by atoms with Crippen LogP contribution in [0.2, 0.25) is 0 Å². The van der Waals surface area contributed by atoms with E-state index in [2.05, 4.69) is 25.3 Å². The molecule has 2 aromatic rings. The molecule has 1 fully saturated rings. The highest BCUT2D eigenvalue weighted by Crippen LogP contribution is 2.29. The first-order valence-corrected chi connectivity index (χ1v) is 6.47. The summed E-state index contributed by atoms with van der Waals surface area (Å²) in [5, 5.41) is 20.9. The molecule has 0 amide bonds. The second-order valence-corrected chi connectivity index (χ2v) is 4.98. The van der Waals surface area contributed by atoms with Crippen LogP contribution in [0.1, 0.15) is 17.8 Å². The van der Waals surface area contributed by atoms with Crippen LogP contribution >= 0.6 is 0 Å². The molecule has 0 saturated carbocycles. The Morgan fingerprint density at radius 1 is 1.42 bits per heavy atom. The van der Waals surface area contributed by atoms with E-state index in [1.54, 1.807) is 6.20 Å². The first-order valence-electron chi connectivity index (χ1n) is 6.47. The average molecular weight is 259 g/mol. The van der Waals surface area contributed by atoms with Crippen LogP contribution < -0.4 is 0 Å². The van der Waals surface area contributed by atoms with Crippen LogP contribution in [0.3, 0.4) is 0 Å². The van der Waals surface area contributed by atoms with Gasteiger partial charge in [-0.1, -0.05) is 6.07 Å². The van der Waals surface area contributed by atoms with E-state index in [-0.39, 0.29) is 0 Å². The molecule has 2 aromatic heterocycles. The molecule has 2 N–H and O–H groups in total. The minimum atomic E-state index is -0.864. The normalized spacial score (nSPS) is 23.8. The Morgan fingerprint density at radius 2 is 2.37 bits per heavy atom. The van der Waals surface area contributed by atoms with Gasteiger partial charge in [-0.2, -0.15) is 15.4 Å². The van der Waals surface area contributed by atoms with Crippen LogP contribution in [0.15, 0.2) is 30.6 Å². The minimum absolute atomic E-state index is 0.604. The predicted molar refractivity (Wildman–Crippen MR) is 69.3 cm³/mol. The summed E-state index contributed by atoms with van der Waals surface area (Å²) in [5.74, 6) is 0. The number of nitrogens with zero attached hydrogens (tertiary/aromatic N) is 4. The van der Waals surface area contributed by atoms with Crippen LogP contribution in [-0.2, 0) is 12.0 Å². The molecule has 3 rings (SSSR count). The van der Waals surface area contributed by atoms with Gasteiger partial charge >= 0.3 is 0 Å². The van der Waals surface area contributed by atoms with Crippen molar-refractivity contribution in [1.82, 2.24) is 25.3 Å². The third kappa shape index (κ3) is 2.64. The van der Waals surface area contributed by atoms with Gasteiger partial charge < -0.3 is 5.11 Å². The topological polar surface area (TPSA) is 77.9 Å². The SMILES string of the molecule is O[C@]1(c2cn[nH]n2)CCN(CCc2ccccn2)C1. The van der Waals surface area contributed by atoms with Crippen molar-refractivity contribution in [3.05, 3.63) is 42.0 Å². The van der Waals surface area contributed by atoms with E-state index in [0.29, 0.717) is 18.7 Å². The highest BCUT2D eigenvalue weighted by Gasteiger charge is 2.39. The maximum atomic E-state index is 10.5. The van der Waals surface area contributed by atoms with Gasteiger partial charge in [0.2, 0.25) is 0 Å². The van der Waals surface area contributed by atoms with Gasteiger partial charge in [0.15, 0.2) is 0 Å². The molecule has 19 heavy (non-hydrogen) atoms. The Bertz CT molecular complexity index is 515. The van der Waals surface area contributed by atoms with Crippen molar-refractivity contribution in [1.29, 1.82) is 0 Å². The molecule has 6 nitrogen and oxygen atoms in total. The molecule has 0 bridgehead atoms. The highest BCUT2D eigenvalue weighted by atomic mass is 16.3. The molecule has 0 aliphatic carbocycles. The molecule has 0 radical (unpaired) electrons. The molecular weight excluding hydrogens is 242 g/mol. The van der Waals surface area contributed by atoms with Gasteiger partial charge in [-0.05, 0) is 18.6 Å². The summed E-state index contributed by atoms with van der Waals surface area (Å²) in [7, 11) is 0. The maximum absolute atomic E-state index is 10.5. The highest BCUT2D eigenvalue weighted by molar-refractivity contribution is 5.11. The van der Waals surface area contributed by atoms with Crippen molar-refractivity contribution in [2.75, 3.05) is 19.6 Å². The molecule has 6 heteroatoms. The standard InChI is InChI=1S/C13H17N5O/c19-13(12-9-15-17-16-12)5-8-18(10-13)7-4-11-3-1-2-6-14-11/h1-3,6,9,19H,4-5,7-8,10H2,(H,15,16,17)/t13-/m1/s1. The van der Waals surface area contributed by atoms with Gasteiger partial charge in [0.25, 0.3) is 0 Å². The second-order valence-electron chi connectivity index (χ2n) is 4.98. The van der Waals surface area contributed by atoms with Crippen molar-refractivity contribution in [3.8, 4) is 0 Å². The number of aromatic amines is 1. The number of nitrogens with one attached hydrogen (secondary N) is 1. The Balaban J connectivity index is 1.58. The molecule has 1 aliphatic heterocycles. The van der Waals surface area contributed by atoms with Crippen molar-refractivity contribution < 1.29 is 5.11 Å². The van der Waals surface area contributed by atoms with E-state index in [1.807, 2.05) is 24.4 Å². The third-order valence-corrected chi connectivity index (χ3v) is 3.63. The number of β-amino-alcohol motifs (C(OH)–C–C–N with tert-alkyl or cyclic N) is 1. The lowest BCUT2D eigenvalue weighted by Gasteiger charge is -2.20. The van der Waals surface area contributed by atoms with E-state index < -0.39 is 5.60 Å². The Morgan fingerprint density at radius 3 is 3.11 bits per heavy atom. The van der Waals surface area contributed by atoms with Crippen LogP contribution in [0.5, 0.6) is 0 Å². The van der Waals surface area contributed by atoms with Crippen molar-refractivity contribution >= 4 is 0 Å². The summed E-state index contributed by atoms with van der Waals surface area (Å²) in [6, 6.07) is 5.95. The Hall–Kier alpha value is -1.79. The van der Waals surface area contributed by atoms with E-state index in [0.717, 1.165) is 25.2 Å². The van der Waals surface area contributed by atoms with Crippen molar-refractivity contribution in [3.63, 3.8) is 0 Å². The smallest absolute Gasteiger partial charge is 0.124 e. The summed E-state index contributed by atoms with van der Waals surface area (Å²) in [6.45, 7) is 2.37. The lowest BCUT2D eigenvalue weighted by molar-refractivity contribution is 0.0418. The fourth-order valence-corrected chi connectivity index (χ4v) is 2.52. The number of aromatic nitrogens is 4. The summed E-state index contributed by atoms with van der Waals surface area (Å²) in [4.78, 5) is 6.55. The molecule has 0 unspecified atom stereocenters. The number of hydrogen-bond donors (Lipinski definition) is 2. The number of aliphatic hydroxyl groups is 1. The maximum Gasteiger partial charge on any atom is 0.124 e. The van der Waals surface area contributed by atoms with Gasteiger partial charge in [0.1, 0.15) is 11.3 Å². The summed E-state index contributed by atoms with van der Waals surface area (Å²) >= 11 is 0. The summed E-state index contributed by atoms with van der Waals surface area (Å²) in [5.41, 5.74) is 0.851. The lowest BCUT2D eigenvalue weighted by atomic mass is 10.00. The molecule has 3 heterocycles. The van der Waals surface area contributed by atoms with Crippen LogP contribution in [0, 0.1) is 0 Å². The number of H-pyrrole nitrogens is 1. The largest absolute Gasteiger partial charge is 0.382 e. The third-order valence-electron chi connectivity index (χ3n) is 3.63. The first-order chi connectivity index (χ1) is 9.26.